The van der Waals surface area contributed by atoms with Crippen LogP contribution < -0.4 is 15.0 Å². The average Bonchev–Trinajstić information content (AvgIpc) is 3.15. The van der Waals surface area contributed by atoms with E-state index in [1.165, 1.54) is 24.3 Å². The molecule has 0 saturated carbocycles. The summed E-state index contributed by atoms with van der Waals surface area (Å²) in [6, 6.07) is 19.1. The number of carbonyl (C=O) groups excluding carboxylic acids is 2. The molecular weight excluding hydrogens is 489 g/mol. The highest BCUT2D eigenvalue weighted by Gasteiger charge is 2.43. The fourth-order valence-corrected chi connectivity index (χ4v) is 4.35. The molecule has 1 aliphatic heterocycles. The van der Waals surface area contributed by atoms with Gasteiger partial charge in [-0.3, -0.25) is 9.59 Å². The maximum absolute atomic E-state index is 13.4. The maximum atomic E-state index is 13.4. The molecule has 1 heterocycles. The van der Waals surface area contributed by atoms with E-state index in [4.69, 9.17) is 28.6 Å². The van der Waals surface area contributed by atoms with Crippen molar-refractivity contribution in [1.29, 1.82) is 0 Å². The topological polar surface area (TPSA) is 61.9 Å². The summed E-state index contributed by atoms with van der Waals surface area (Å²) in [6.45, 7) is 0.393. The summed E-state index contributed by atoms with van der Waals surface area (Å²) >= 11 is 11.7. The quantitative estimate of drug-likeness (QED) is 0.353. The second-order valence-electron chi connectivity index (χ2n) is 7.99. The van der Waals surface area contributed by atoms with E-state index in [2.05, 4.69) is 5.32 Å². The Balaban J connectivity index is 1.57. The molecule has 35 heavy (non-hydrogen) atoms. The van der Waals surface area contributed by atoms with Crippen molar-refractivity contribution in [2.75, 3.05) is 23.9 Å². The van der Waals surface area contributed by atoms with Crippen LogP contribution >= 0.6 is 23.8 Å². The lowest BCUT2D eigenvalue weighted by atomic mass is 10.1. The van der Waals surface area contributed by atoms with E-state index in [1.807, 2.05) is 24.3 Å². The van der Waals surface area contributed by atoms with Crippen LogP contribution in [0.3, 0.4) is 0 Å². The summed E-state index contributed by atoms with van der Waals surface area (Å²) in [5.74, 6) is -0.515. The highest BCUT2D eigenvalue weighted by Crippen LogP contribution is 2.27. The molecule has 1 unspecified atom stereocenters. The van der Waals surface area contributed by atoms with Crippen LogP contribution in [0.2, 0.25) is 5.02 Å². The summed E-state index contributed by atoms with van der Waals surface area (Å²) in [4.78, 5) is 29.1. The number of nitrogens with zero attached hydrogens (tertiary/aromatic N) is 2. The number of thiocarbonyl (C=S) groups is 1. The molecule has 180 valence electrons. The third-order valence-corrected chi connectivity index (χ3v) is 6.33. The van der Waals surface area contributed by atoms with Crippen LogP contribution in [0.15, 0.2) is 72.8 Å². The van der Waals surface area contributed by atoms with E-state index >= 15 is 0 Å². The largest absolute Gasteiger partial charge is 0.497 e. The average molecular weight is 512 g/mol. The van der Waals surface area contributed by atoms with E-state index in [0.29, 0.717) is 34.5 Å². The van der Waals surface area contributed by atoms with Gasteiger partial charge in [0.25, 0.3) is 5.91 Å². The molecule has 1 atom stereocenters. The number of imide groups is 1. The molecule has 1 fully saturated rings. The van der Waals surface area contributed by atoms with Crippen molar-refractivity contribution >= 4 is 52.1 Å². The monoisotopic (exact) mass is 511 g/mol. The van der Waals surface area contributed by atoms with E-state index < -0.39 is 17.8 Å². The zero-order valence-electron chi connectivity index (χ0n) is 18.9. The summed E-state index contributed by atoms with van der Waals surface area (Å²) in [7, 11) is 1.58. The number of hydrogen-bond acceptors (Lipinski definition) is 4. The van der Waals surface area contributed by atoms with E-state index in [-0.39, 0.29) is 12.3 Å². The molecule has 0 bridgehead atoms. The molecule has 1 saturated heterocycles. The third-order valence-electron chi connectivity index (χ3n) is 5.74. The van der Waals surface area contributed by atoms with Crippen LogP contribution in [0.25, 0.3) is 0 Å². The first-order valence-corrected chi connectivity index (χ1v) is 11.7. The van der Waals surface area contributed by atoms with Crippen LogP contribution in [0.5, 0.6) is 5.75 Å². The smallest absolute Gasteiger partial charge is 0.257 e. The highest BCUT2D eigenvalue weighted by molar-refractivity contribution is 7.80. The highest BCUT2D eigenvalue weighted by atomic mass is 35.5. The van der Waals surface area contributed by atoms with Crippen LogP contribution in [0.1, 0.15) is 12.0 Å². The molecule has 0 aliphatic carbocycles. The van der Waals surface area contributed by atoms with Gasteiger partial charge in [-0.15, -0.1) is 0 Å². The second-order valence-corrected chi connectivity index (χ2v) is 8.82. The molecule has 4 rings (SSSR count). The van der Waals surface area contributed by atoms with Crippen molar-refractivity contribution in [2.24, 2.45) is 0 Å². The van der Waals surface area contributed by atoms with Crippen molar-refractivity contribution in [1.82, 2.24) is 4.90 Å². The SMILES string of the molecule is COc1ccc(NC(=S)N(CCc2ccc(Cl)cc2)C2CC(=O)N(c3ccc(F)cc3)C2=O)cc1. The van der Waals surface area contributed by atoms with Crippen molar-refractivity contribution < 1.29 is 18.7 Å². The summed E-state index contributed by atoms with van der Waals surface area (Å²) in [5, 5.41) is 4.11. The van der Waals surface area contributed by atoms with Crippen LogP contribution in [0, 0.1) is 5.82 Å². The van der Waals surface area contributed by atoms with Crippen LogP contribution in [-0.2, 0) is 16.0 Å². The molecule has 1 aliphatic rings. The lowest BCUT2D eigenvalue weighted by molar-refractivity contribution is -0.122. The van der Waals surface area contributed by atoms with Crippen LogP contribution in [-0.4, -0.2) is 41.5 Å². The minimum absolute atomic E-state index is 0.0404. The molecule has 9 heteroatoms. The van der Waals surface area contributed by atoms with Gasteiger partial charge in [0.15, 0.2) is 5.11 Å². The number of carbonyl (C=O) groups is 2. The number of amides is 2. The first-order valence-electron chi connectivity index (χ1n) is 10.9. The van der Waals surface area contributed by atoms with E-state index in [9.17, 15) is 14.0 Å². The zero-order chi connectivity index (χ0) is 24.9. The summed E-state index contributed by atoms with van der Waals surface area (Å²) < 4.78 is 18.6. The van der Waals surface area contributed by atoms with Gasteiger partial charge < -0.3 is 15.0 Å². The molecule has 0 radical (unpaired) electrons. The van der Waals surface area contributed by atoms with Gasteiger partial charge in [0.05, 0.1) is 19.2 Å². The summed E-state index contributed by atoms with van der Waals surface area (Å²) in [6.07, 6.45) is 0.539. The fraction of sp³-hybridized carbons (Fsp3) is 0.192. The predicted molar refractivity (Wildman–Crippen MR) is 138 cm³/mol. The number of rotatable bonds is 7. The van der Waals surface area contributed by atoms with Gasteiger partial charge in [-0.2, -0.15) is 0 Å². The first-order chi connectivity index (χ1) is 16.9. The Labute approximate surface area is 213 Å². The molecule has 6 nitrogen and oxygen atoms in total. The number of halogens is 2. The Kier molecular flexibility index (Phi) is 7.63. The zero-order valence-corrected chi connectivity index (χ0v) is 20.5. The molecule has 2 amide bonds. The van der Waals surface area contributed by atoms with E-state index in [1.54, 1.807) is 36.3 Å². The summed E-state index contributed by atoms with van der Waals surface area (Å²) in [5.41, 5.74) is 2.06. The molecule has 1 N–H and O–H groups in total. The molecular formula is C26H23ClFN3O3S. The van der Waals surface area contributed by atoms with Crippen molar-refractivity contribution in [3.05, 3.63) is 89.2 Å². The standard InChI is InChI=1S/C26H23ClFN3O3S/c1-34-22-12-8-20(9-13-22)29-26(35)30(15-14-17-2-4-18(27)5-3-17)23-16-24(32)31(25(23)33)21-10-6-19(28)7-11-21/h2-13,23H,14-16H2,1H3,(H,29,35). The number of methoxy groups -OCH3 is 1. The van der Waals surface area contributed by atoms with Gasteiger partial charge in [0.1, 0.15) is 17.6 Å². The maximum Gasteiger partial charge on any atom is 0.257 e. The van der Waals surface area contributed by atoms with Gasteiger partial charge in [0.2, 0.25) is 5.91 Å². The number of hydrogen-bond donors (Lipinski definition) is 1. The molecule has 3 aromatic carbocycles. The van der Waals surface area contributed by atoms with Gasteiger partial charge in [-0.05, 0) is 84.9 Å². The number of nitrogens with one attached hydrogen (secondary N) is 1. The van der Waals surface area contributed by atoms with Crippen molar-refractivity contribution in [3.63, 3.8) is 0 Å². The Bertz CT molecular complexity index is 1220. The lowest BCUT2D eigenvalue weighted by Gasteiger charge is -2.30. The third kappa shape index (κ3) is 5.78. The van der Waals surface area contributed by atoms with Crippen LogP contribution in [0.4, 0.5) is 15.8 Å². The van der Waals surface area contributed by atoms with Gasteiger partial charge >= 0.3 is 0 Å². The number of anilines is 2. The lowest BCUT2D eigenvalue weighted by Crippen LogP contribution is -2.48. The van der Waals surface area contributed by atoms with Crippen molar-refractivity contribution in [2.45, 2.75) is 18.9 Å². The Hall–Kier alpha value is -3.49. The second kappa shape index (κ2) is 10.8. The Morgan fingerprint density at radius 1 is 1.09 bits per heavy atom. The predicted octanol–water partition coefficient (Wildman–Crippen LogP) is 5.06. The van der Waals surface area contributed by atoms with Crippen molar-refractivity contribution in [3.8, 4) is 5.75 Å². The fourth-order valence-electron chi connectivity index (χ4n) is 3.89. The molecule has 0 spiro atoms. The van der Waals surface area contributed by atoms with Gasteiger partial charge in [0, 0.05) is 17.3 Å². The minimum atomic E-state index is -0.793. The first kappa shape index (κ1) is 24.6. The molecule has 3 aromatic rings. The van der Waals surface area contributed by atoms with Gasteiger partial charge in [-0.25, -0.2) is 9.29 Å². The Morgan fingerprint density at radius 3 is 2.37 bits per heavy atom. The number of ether oxygens (including phenoxy) is 1. The van der Waals surface area contributed by atoms with Gasteiger partial charge in [-0.1, -0.05) is 23.7 Å². The van der Waals surface area contributed by atoms with E-state index in [0.717, 1.165) is 16.2 Å². The number of benzene rings is 3. The normalized spacial score (nSPS) is 15.3. The Morgan fingerprint density at radius 2 is 1.74 bits per heavy atom. The minimum Gasteiger partial charge on any atom is -0.497 e. The molecule has 0 aromatic heterocycles.